The Hall–Kier alpha value is -3.09. The molecule has 0 saturated heterocycles. The fraction of sp³-hybridized carbons (Fsp3) is 0.188. The summed E-state index contributed by atoms with van der Waals surface area (Å²) in [6.45, 7) is 0.203. The lowest BCUT2D eigenvalue weighted by Gasteiger charge is -2.25. The minimum Gasteiger partial charge on any atom is -0.454 e. The molecule has 1 aromatic carbocycles. The lowest BCUT2D eigenvalue weighted by molar-refractivity contribution is -0.116. The molecule has 0 radical (unpaired) electrons. The van der Waals surface area contributed by atoms with Gasteiger partial charge in [-0.1, -0.05) is 0 Å². The van der Waals surface area contributed by atoms with Gasteiger partial charge in [0.25, 0.3) is 0 Å². The minimum atomic E-state index is -0.111. The number of benzene rings is 1. The number of ether oxygens (including phenoxy) is 2. The molecule has 2 aromatic heterocycles. The first kappa shape index (κ1) is 12.5. The van der Waals surface area contributed by atoms with Crippen LogP contribution in [0.2, 0.25) is 0 Å². The Morgan fingerprint density at radius 2 is 2.09 bits per heavy atom. The molecule has 2 aliphatic rings. The van der Waals surface area contributed by atoms with Crippen LogP contribution >= 0.6 is 0 Å². The Bertz CT molecular complexity index is 950. The highest BCUT2D eigenvalue weighted by Gasteiger charge is 2.31. The van der Waals surface area contributed by atoms with Crippen LogP contribution in [0, 0.1) is 0 Å². The number of hydrogen-bond donors (Lipinski definition) is 1. The van der Waals surface area contributed by atoms with Crippen molar-refractivity contribution < 1.29 is 14.3 Å². The summed E-state index contributed by atoms with van der Waals surface area (Å²) in [5, 5.41) is 7.24. The van der Waals surface area contributed by atoms with Crippen LogP contribution in [0.4, 0.5) is 5.69 Å². The van der Waals surface area contributed by atoms with Gasteiger partial charge in [0.15, 0.2) is 17.1 Å². The van der Waals surface area contributed by atoms with Crippen LogP contribution in [0.3, 0.4) is 0 Å². The van der Waals surface area contributed by atoms with Crippen molar-refractivity contribution in [1.82, 2.24) is 14.6 Å². The highest BCUT2D eigenvalue weighted by atomic mass is 16.7. The first-order valence-electron chi connectivity index (χ1n) is 7.31. The number of carbonyl (C=O) groups is 1. The molecule has 7 heteroatoms. The van der Waals surface area contributed by atoms with Crippen LogP contribution in [0.15, 0.2) is 36.8 Å². The maximum atomic E-state index is 12.1. The molecule has 0 spiro atoms. The molecule has 0 bridgehead atoms. The second-order valence-electron chi connectivity index (χ2n) is 5.59. The summed E-state index contributed by atoms with van der Waals surface area (Å²) in [6, 6.07) is 5.58. The minimum absolute atomic E-state index is 0.0309. The average Bonchev–Trinajstić information content (AvgIpc) is 3.18. The number of nitrogens with zero attached hydrogens (tertiary/aromatic N) is 3. The zero-order valence-corrected chi connectivity index (χ0v) is 12.0. The molecule has 3 aromatic rings. The molecule has 114 valence electrons. The predicted octanol–water partition coefficient (Wildman–Crippen LogP) is 1.93. The quantitative estimate of drug-likeness (QED) is 0.743. The second kappa shape index (κ2) is 4.45. The van der Waals surface area contributed by atoms with Gasteiger partial charge in [0.1, 0.15) is 0 Å². The third-order valence-corrected chi connectivity index (χ3v) is 4.27. The fourth-order valence-electron chi connectivity index (χ4n) is 3.22. The molecule has 0 fully saturated rings. The monoisotopic (exact) mass is 308 g/mol. The summed E-state index contributed by atoms with van der Waals surface area (Å²) in [5.74, 6) is 1.22. The number of nitrogens with one attached hydrogen (secondary N) is 1. The Kier molecular flexibility index (Phi) is 2.41. The highest BCUT2D eigenvalue weighted by Crippen LogP contribution is 2.45. The van der Waals surface area contributed by atoms with Crippen molar-refractivity contribution in [2.75, 3.05) is 12.1 Å². The van der Waals surface area contributed by atoms with E-state index in [0.29, 0.717) is 17.9 Å². The smallest absolute Gasteiger partial charge is 0.231 e. The first-order valence-corrected chi connectivity index (χ1v) is 7.31. The van der Waals surface area contributed by atoms with Crippen molar-refractivity contribution >= 4 is 17.2 Å². The standard InChI is InChI=1S/C16H12N4O3/c21-15-5-9(11-7-18-20-3-1-2-17-16(11)20)10-4-13-14(23-8-22-13)6-12(10)19-15/h1-4,6-7,9H,5,8H2,(H,19,21). The van der Waals surface area contributed by atoms with Crippen molar-refractivity contribution in [2.24, 2.45) is 0 Å². The number of hydrogen-bond acceptors (Lipinski definition) is 5. The lowest BCUT2D eigenvalue weighted by atomic mass is 9.85. The van der Waals surface area contributed by atoms with E-state index in [1.807, 2.05) is 24.4 Å². The van der Waals surface area contributed by atoms with E-state index in [-0.39, 0.29) is 18.6 Å². The molecule has 5 rings (SSSR count). The predicted molar refractivity (Wildman–Crippen MR) is 80.6 cm³/mol. The molecule has 7 nitrogen and oxygen atoms in total. The molecule has 0 saturated carbocycles. The highest BCUT2D eigenvalue weighted by molar-refractivity contribution is 5.96. The number of anilines is 1. The van der Waals surface area contributed by atoms with Crippen molar-refractivity contribution in [3.8, 4) is 11.5 Å². The average molecular weight is 308 g/mol. The number of carbonyl (C=O) groups excluding carboxylic acids is 1. The van der Waals surface area contributed by atoms with E-state index in [4.69, 9.17) is 9.47 Å². The summed E-state index contributed by atoms with van der Waals surface area (Å²) in [4.78, 5) is 16.5. The van der Waals surface area contributed by atoms with E-state index in [1.165, 1.54) is 0 Å². The first-order chi connectivity index (χ1) is 11.3. The van der Waals surface area contributed by atoms with Crippen LogP contribution in [0.25, 0.3) is 5.65 Å². The van der Waals surface area contributed by atoms with Gasteiger partial charge in [-0.3, -0.25) is 4.79 Å². The molecule has 0 aliphatic carbocycles. The van der Waals surface area contributed by atoms with Crippen molar-refractivity contribution in [3.63, 3.8) is 0 Å². The number of fused-ring (bicyclic) bond motifs is 3. The molecular formula is C16H12N4O3. The third-order valence-electron chi connectivity index (χ3n) is 4.27. The summed E-state index contributed by atoms with van der Waals surface area (Å²) < 4.78 is 12.6. The van der Waals surface area contributed by atoms with Gasteiger partial charge in [-0.2, -0.15) is 5.10 Å². The molecule has 4 heterocycles. The maximum absolute atomic E-state index is 12.1. The summed E-state index contributed by atoms with van der Waals surface area (Å²) in [7, 11) is 0. The van der Waals surface area contributed by atoms with Gasteiger partial charge in [-0.25, -0.2) is 9.50 Å². The maximum Gasteiger partial charge on any atom is 0.231 e. The molecule has 1 unspecified atom stereocenters. The lowest BCUT2D eigenvalue weighted by Crippen LogP contribution is -2.23. The Labute approximate surface area is 130 Å². The van der Waals surface area contributed by atoms with Crippen LogP contribution in [-0.4, -0.2) is 27.3 Å². The zero-order valence-electron chi connectivity index (χ0n) is 12.0. The largest absolute Gasteiger partial charge is 0.454 e. The summed E-state index contributed by atoms with van der Waals surface area (Å²) in [6.07, 6.45) is 5.70. The van der Waals surface area contributed by atoms with Gasteiger partial charge >= 0.3 is 0 Å². The molecule has 23 heavy (non-hydrogen) atoms. The SMILES string of the molecule is O=C1CC(c2cnn3cccnc23)c2cc3c(cc2N1)OCO3. The Morgan fingerprint density at radius 3 is 3.00 bits per heavy atom. The third kappa shape index (κ3) is 1.79. The molecule has 1 amide bonds. The van der Waals surface area contributed by atoms with Gasteiger partial charge in [0.05, 0.1) is 6.20 Å². The van der Waals surface area contributed by atoms with Crippen molar-refractivity contribution in [1.29, 1.82) is 0 Å². The van der Waals surface area contributed by atoms with Crippen LogP contribution < -0.4 is 14.8 Å². The van der Waals surface area contributed by atoms with E-state index in [1.54, 1.807) is 16.9 Å². The van der Waals surface area contributed by atoms with Gasteiger partial charge in [-0.05, 0) is 17.7 Å². The van der Waals surface area contributed by atoms with Gasteiger partial charge in [0.2, 0.25) is 12.7 Å². The Balaban J connectivity index is 1.71. The van der Waals surface area contributed by atoms with Gasteiger partial charge in [0, 0.05) is 42.0 Å². The normalized spacial score (nSPS) is 18.8. The van der Waals surface area contributed by atoms with E-state index in [2.05, 4.69) is 15.4 Å². The molecule has 2 aliphatic heterocycles. The fourth-order valence-corrected chi connectivity index (χ4v) is 3.22. The van der Waals surface area contributed by atoms with Gasteiger partial charge in [-0.15, -0.1) is 0 Å². The topological polar surface area (TPSA) is 77.8 Å². The molecule has 1 N–H and O–H groups in total. The van der Waals surface area contributed by atoms with Crippen LogP contribution in [-0.2, 0) is 4.79 Å². The van der Waals surface area contributed by atoms with Crippen molar-refractivity contribution in [3.05, 3.63) is 47.9 Å². The number of amides is 1. The van der Waals surface area contributed by atoms with Gasteiger partial charge < -0.3 is 14.8 Å². The molecule has 1 atom stereocenters. The van der Waals surface area contributed by atoms with Crippen molar-refractivity contribution in [2.45, 2.75) is 12.3 Å². The summed E-state index contributed by atoms with van der Waals surface area (Å²) >= 11 is 0. The number of rotatable bonds is 1. The number of aromatic nitrogens is 3. The zero-order chi connectivity index (χ0) is 15.4. The second-order valence-corrected chi connectivity index (χ2v) is 5.59. The Morgan fingerprint density at radius 1 is 1.22 bits per heavy atom. The van der Waals surface area contributed by atoms with E-state index in [9.17, 15) is 4.79 Å². The van der Waals surface area contributed by atoms with E-state index in [0.717, 1.165) is 22.5 Å². The van der Waals surface area contributed by atoms with E-state index >= 15 is 0 Å². The van der Waals surface area contributed by atoms with Crippen LogP contribution in [0.1, 0.15) is 23.5 Å². The van der Waals surface area contributed by atoms with E-state index < -0.39 is 0 Å². The summed E-state index contributed by atoms with van der Waals surface area (Å²) in [5.41, 5.74) is 3.44. The molecular weight excluding hydrogens is 296 g/mol. The van der Waals surface area contributed by atoms with Crippen LogP contribution in [0.5, 0.6) is 11.5 Å².